The Labute approximate surface area is 147 Å². The van der Waals surface area contributed by atoms with E-state index in [1.165, 1.54) is 25.1 Å². The Morgan fingerprint density at radius 1 is 0.960 bits per heavy atom. The standard InChI is InChI=1S/C10H15NO.C9H8O4/c1-8(2)11-9-4-6-10(12-3)7-5-9;1-5-6(8(10)11)3-2-4-7(5)9(12)13/h4-8,11H,1-3H3;2-4H,1H3,(H,10,11)(H,12,13). The van der Waals surface area contributed by atoms with Crippen LogP contribution < -0.4 is 10.1 Å². The zero-order valence-electron chi connectivity index (χ0n) is 14.7. The van der Waals surface area contributed by atoms with E-state index in [-0.39, 0.29) is 16.7 Å². The fourth-order valence-corrected chi connectivity index (χ4v) is 2.12. The zero-order valence-corrected chi connectivity index (χ0v) is 14.7. The lowest BCUT2D eigenvalue weighted by molar-refractivity contribution is 0.0696. The molecule has 0 aliphatic rings. The molecule has 0 aromatic heterocycles. The van der Waals surface area contributed by atoms with Crippen molar-refractivity contribution in [1.29, 1.82) is 0 Å². The van der Waals surface area contributed by atoms with Gasteiger partial charge < -0.3 is 20.3 Å². The van der Waals surface area contributed by atoms with Crippen LogP contribution in [-0.4, -0.2) is 35.3 Å². The average molecular weight is 345 g/mol. The third kappa shape index (κ3) is 6.18. The first-order valence-electron chi connectivity index (χ1n) is 7.73. The molecule has 0 saturated heterocycles. The summed E-state index contributed by atoms with van der Waals surface area (Å²) in [6.07, 6.45) is 0. The van der Waals surface area contributed by atoms with E-state index in [2.05, 4.69) is 19.2 Å². The Balaban J connectivity index is 0.000000251. The summed E-state index contributed by atoms with van der Waals surface area (Å²) in [6.45, 7) is 5.71. The van der Waals surface area contributed by atoms with Crippen LogP contribution in [0.3, 0.4) is 0 Å². The van der Waals surface area contributed by atoms with Crippen molar-refractivity contribution in [3.8, 4) is 5.75 Å². The van der Waals surface area contributed by atoms with Gasteiger partial charge in [0.15, 0.2) is 0 Å². The molecule has 0 unspecified atom stereocenters. The quantitative estimate of drug-likeness (QED) is 0.760. The summed E-state index contributed by atoms with van der Waals surface area (Å²) in [5.41, 5.74) is 1.47. The number of hydrogen-bond donors (Lipinski definition) is 3. The highest BCUT2D eigenvalue weighted by atomic mass is 16.5. The smallest absolute Gasteiger partial charge is 0.335 e. The summed E-state index contributed by atoms with van der Waals surface area (Å²) < 4.78 is 5.05. The van der Waals surface area contributed by atoms with Crippen molar-refractivity contribution in [2.75, 3.05) is 12.4 Å². The topological polar surface area (TPSA) is 95.9 Å². The van der Waals surface area contributed by atoms with Crippen LogP contribution in [0.1, 0.15) is 40.1 Å². The molecule has 0 fully saturated rings. The number of ether oxygens (including phenoxy) is 1. The fourth-order valence-electron chi connectivity index (χ4n) is 2.12. The van der Waals surface area contributed by atoms with Crippen LogP contribution in [0.4, 0.5) is 5.69 Å². The Kier molecular flexibility index (Phi) is 7.46. The van der Waals surface area contributed by atoms with Crippen molar-refractivity contribution < 1.29 is 24.5 Å². The van der Waals surface area contributed by atoms with Crippen LogP contribution >= 0.6 is 0 Å². The average Bonchev–Trinajstić information content (AvgIpc) is 2.55. The summed E-state index contributed by atoms with van der Waals surface area (Å²) in [7, 11) is 1.67. The second-order valence-electron chi connectivity index (χ2n) is 5.62. The molecule has 134 valence electrons. The van der Waals surface area contributed by atoms with Gasteiger partial charge in [0.1, 0.15) is 5.75 Å². The van der Waals surface area contributed by atoms with Gasteiger partial charge in [0, 0.05) is 11.7 Å². The number of rotatable bonds is 5. The SMILES string of the molecule is COc1ccc(NC(C)C)cc1.Cc1c(C(=O)O)cccc1C(=O)O. The first-order chi connectivity index (χ1) is 11.8. The van der Waals surface area contributed by atoms with Crippen molar-refractivity contribution in [3.05, 3.63) is 59.2 Å². The minimum Gasteiger partial charge on any atom is -0.497 e. The molecule has 0 saturated carbocycles. The largest absolute Gasteiger partial charge is 0.497 e. The molecule has 2 rings (SSSR count). The Morgan fingerprint density at radius 2 is 1.44 bits per heavy atom. The molecule has 0 atom stereocenters. The maximum atomic E-state index is 10.6. The number of methoxy groups -OCH3 is 1. The number of anilines is 1. The number of carboxylic acids is 2. The number of carbonyl (C=O) groups is 2. The van der Waals surface area contributed by atoms with Gasteiger partial charge in [0.05, 0.1) is 18.2 Å². The molecule has 3 N–H and O–H groups in total. The second kappa shape index (κ2) is 9.32. The molecule has 0 spiro atoms. The van der Waals surface area contributed by atoms with Gasteiger partial charge >= 0.3 is 11.9 Å². The molecule has 0 aliphatic heterocycles. The van der Waals surface area contributed by atoms with Gasteiger partial charge in [0.25, 0.3) is 0 Å². The van der Waals surface area contributed by atoms with Crippen LogP contribution in [0.25, 0.3) is 0 Å². The highest BCUT2D eigenvalue weighted by Gasteiger charge is 2.13. The van der Waals surface area contributed by atoms with Crippen LogP contribution in [-0.2, 0) is 0 Å². The lowest BCUT2D eigenvalue weighted by Gasteiger charge is -2.09. The van der Waals surface area contributed by atoms with E-state index < -0.39 is 11.9 Å². The van der Waals surface area contributed by atoms with Gasteiger partial charge in [-0.3, -0.25) is 0 Å². The summed E-state index contributed by atoms with van der Waals surface area (Å²) >= 11 is 0. The molecule has 0 amide bonds. The highest BCUT2D eigenvalue weighted by Crippen LogP contribution is 2.15. The predicted molar refractivity (Wildman–Crippen MR) is 96.9 cm³/mol. The lowest BCUT2D eigenvalue weighted by Crippen LogP contribution is -2.09. The number of aromatic carboxylic acids is 2. The van der Waals surface area contributed by atoms with Crippen molar-refractivity contribution in [2.45, 2.75) is 26.8 Å². The number of benzene rings is 2. The molecule has 6 heteroatoms. The Bertz CT molecular complexity index is 691. The third-order valence-corrected chi connectivity index (χ3v) is 3.34. The van der Waals surface area contributed by atoms with Crippen molar-refractivity contribution in [2.24, 2.45) is 0 Å². The molecule has 2 aromatic rings. The van der Waals surface area contributed by atoms with E-state index in [0.29, 0.717) is 6.04 Å². The van der Waals surface area contributed by atoms with Gasteiger partial charge in [-0.15, -0.1) is 0 Å². The Hall–Kier alpha value is -3.02. The lowest BCUT2D eigenvalue weighted by atomic mass is 10.0. The summed E-state index contributed by atoms with van der Waals surface area (Å²) in [6, 6.07) is 12.6. The number of hydrogen-bond acceptors (Lipinski definition) is 4. The maximum Gasteiger partial charge on any atom is 0.335 e. The maximum absolute atomic E-state index is 10.6. The van der Waals surface area contributed by atoms with Crippen LogP contribution in [0, 0.1) is 6.92 Å². The first-order valence-corrected chi connectivity index (χ1v) is 7.73. The molecule has 25 heavy (non-hydrogen) atoms. The van der Waals surface area contributed by atoms with Crippen molar-refractivity contribution in [3.63, 3.8) is 0 Å². The molecule has 6 nitrogen and oxygen atoms in total. The van der Waals surface area contributed by atoms with E-state index in [9.17, 15) is 9.59 Å². The second-order valence-corrected chi connectivity index (χ2v) is 5.62. The normalized spacial score (nSPS) is 9.80. The fraction of sp³-hybridized carbons (Fsp3) is 0.263. The number of nitrogens with one attached hydrogen (secondary N) is 1. The predicted octanol–water partition coefficient (Wildman–Crippen LogP) is 3.91. The van der Waals surface area contributed by atoms with Crippen LogP contribution in [0.2, 0.25) is 0 Å². The van der Waals surface area contributed by atoms with E-state index in [1.807, 2.05) is 24.3 Å². The van der Waals surface area contributed by atoms with Gasteiger partial charge in [0.2, 0.25) is 0 Å². The van der Waals surface area contributed by atoms with Gasteiger partial charge in [-0.1, -0.05) is 6.07 Å². The van der Waals surface area contributed by atoms with E-state index in [0.717, 1.165) is 11.4 Å². The molecule has 2 aromatic carbocycles. The van der Waals surface area contributed by atoms with E-state index in [1.54, 1.807) is 7.11 Å². The van der Waals surface area contributed by atoms with Crippen molar-refractivity contribution in [1.82, 2.24) is 0 Å². The van der Waals surface area contributed by atoms with Gasteiger partial charge in [-0.2, -0.15) is 0 Å². The molecule has 0 aliphatic carbocycles. The highest BCUT2D eigenvalue weighted by molar-refractivity contribution is 5.96. The molecular formula is C19H23NO5. The van der Waals surface area contributed by atoms with E-state index in [4.69, 9.17) is 14.9 Å². The molecule has 0 radical (unpaired) electrons. The summed E-state index contributed by atoms with van der Waals surface area (Å²) in [4.78, 5) is 21.2. The monoisotopic (exact) mass is 345 g/mol. The molecule has 0 heterocycles. The van der Waals surface area contributed by atoms with Crippen LogP contribution in [0.15, 0.2) is 42.5 Å². The first kappa shape index (κ1) is 20.0. The van der Waals surface area contributed by atoms with Crippen molar-refractivity contribution >= 4 is 17.6 Å². The molecular weight excluding hydrogens is 322 g/mol. The minimum atomic E-state index is -1.11. The Morgan fingerprint density at radius 3 is 1.80 bits per heavy atom. The summed E-state index contributed by atoms with van der Waals surface area (Å²) in [5, 5.41) is 20.7. The third-order valence-electron chi connectivity index (χ3n) is 3.34. The van der Waals surface area contributed by atoms with E-state index >= 15 is 0 Å². The van der Waals surface area contributed by atoms with Gasteiger partial charge in [-0.05, 0) is 62.7 Å². The minimum absolute atomic E-state index is 0.0277. The zero-order chi connectivity index (χ0) is 19.0. The van der Waals surface area contributed by atoms with Crippen LogP contribution in [0.5, 0.6) is 5.75 Å². The summed E-state index contributed by atoms with van der Waals surface area (Å²) in [5.74, 6) is -1.33. The number of carboxylic acid groups (broad SMARTS) is 2. The molecule has 0 bridgehead atoms. The van der Waals surface area contributed by atoms with Gasteiger partial charge in [-0.25, -0.2) is 9.59 Å².